The van der Waals surface area contributed by atoms with Gasteiger partial charge in [0.2, 0.25) is 0 Å². The van der Waals surface area contributed by atoms with Crippen molar-refractivity contribution < 1.29 is 0 Å². The molecule has 2 aromatic rings. The summed E-state index contributed by atoms with van der Waals surface area (Å²) in [5, 5.41) is 3.39. The van der Waals surface area contributed by atoms with Gasteiger partial charge in [-0.15, -0.1) is 0 Å². The van der Waals surface area contributed by atoms with Gasteiger partial charge < -0.3 is 10.2 Å². The highest BCUT2D eigenvalue weighted by Gasteiger charge is 2.38. The van der Waals surface area contributed by atoms with E-state index in [0.717, 1.165) is 48.2 Å². The Kier molecular flexibility index (Phi) is 4.67. The third kappa shape index (κ3) is 3.83. The number of rotatable bonds is 5. The summed E-state index contributed by atoms with van der Waals surface area (Å²) in [7, 11) is 0. The maximum atomic E-state index is 4.95. The average molecular weight is 379 g/mol. The van der Waals surface area contributed by atoms with Crippen LogP contribution in [0.1, 0.15) is 49.8 Å². The van der Waals surface area contributed by atoms with Crippen molar-refractivity contribution in [3.63, 3.8) is 0 Å². The van der Waals surface area contributed by atoms with Crippen LogP contribution in [0.4, 0.5) is 17.5 Å². The first-order valence-corrected chi connectivity index (χ1v) is 10.7. The fourth-order valence-corrected chi connectivity index (χ4v) is 4.45. The fourth-order valence-electron chi connectivity index (χ4n) is 4.45. The number of nitrogens with zero attached hydrogens (tertiary/aromatic N) is 5. The third-order valence-corrected chi connectivity index (χ3v) is 6.30. The van der Waals surface area contributed by atoms with E-state index in [1.807, 2.05) is 6.92 Å². The van der Waals surface area contributed by atoms with E-state index in [4.69, 9.17) is 4.98 Å². The maximum Gasteiger partial charge on any atom is 0.150 e. The Hall–Kier alpha value is -2.21. The Morgan fingerprint density at radius 3 is 2.57 bits per heavy atom. The molecule has 3 fully saturated rings. The summed E-state index contributed by atoms with van der Waals surface area (Å²) >= 11 is 0. The molecule has 0 radical (unpaired) electrons. The van der Waals surface area contributed by atoms with Gasteiger partial charge in [0, 0.05) is 38.1 Å². The first-order valence-electron chi connectivity index (χ1n) is 10.7. The van der Waals surface area contributed by atoms with Crippen molar-refractivity contribution in [3.8, 4) is 0 Å². The highest BCUT2D eigenvalue weighted by molar-refractivity contribution is 5.57. The van der Waals surface area contributed by atoms with Crippen LogP contribution in [0.15, 0.2) is 24.5 Å². The molecule has 0 spiro atoms. The van der Waals surface area contributed by atoms with Gasteiger partial charge >= 0.3 is 0 Å². The first-order chi connectivity index (χ1) is 13.6. The molecule has 2 aromatic heterocycles. The van der Waals surface area contributed by atoms with Gasteiger partial charge in [0.25, 0.3) is 0 Å². The van der Waals surface area contributed by atoms with Crippen molar-refractivity contribution in [3.05, 3.63) is 35.8 Å². The Labute approximate surface area is 167 Å². The molecule has 6 nitrogen and oxygen atoms in total. The molecule has 1 unspecified atom stereocenters. The van der Waals surface area contributed by atoms with E-state index in [1.165, 1.54) is 44.3 Å². The van der Waals surface area contributed by atoms with Gasteiger partial charge in [-0.05, 0) is 56.2 Å². The lowest BCUT2D eigenvalue weighted by Gasteiger charge is -2.40. The first kappa shape index (κ1) is 17.9. The van der Waals surface area contributed by atoms with Crippen LogP contribution in [-0.4, -0.2) is 52.1 Å². The van der Waals surface area contributed by atoms with Crippen LogP contribution in [0, 0.1) is 12.8 Å². The van der Waals surface area contributed by atoms with Crippen molar-refractivity contribution in [2.75, 3.05) is 36.4 Å². The Bertz CT molecular complexity index is 825. The Morgan fingerprint density at radius 2 is 1.86 bits per heavy atom. The minimum atomic E-state index is 0.620. The molecule has 4 heterocycles. The molecule has 0 bridgehead atoms. The predicted molar refractivity (Wildman–Crippen MR) is 112 cm³/mol. The molecular weight excluding hydrogens is 348 g/mol. The lowest BCUT2D eigenvalue weighted by atomic mass is 9.91. The van der Waals surface area contributed by atoms with E-state index in [9.17, 15) is 0 Å². The second kappa shape index (κ2) is 7.32. The van der Waals surface area contributed by atoms with Crippen LogP contribution in [0.25, 0.3) is 0 Å². The van der Waals surface area contributed by atoms with Gasteiger partial charge in [0.15, 0.2) is 0 Å². The zero-order valence-electron chi connectivity index (χ0n) is 16.9. The molecule has 2 saturated heterocycles. The van der Waals surface area contributed by atoms with Crippen LogP contribution in [-0.2, 0) is 0 Å². The normalized spacial score (nSPS) is 23.5. The topological polar surface area (TPSA) is 57.2 Å². The minimum Gasteiger partial charge on any atom is -0.356 e. The predicted octanol–water partition coefficient (Wildman–Crippen LogP) is 3.72. The largest absolute Gasteiger partial charge is 0.356 e. The summed E-state index contributed by atoms with van der Waals surface area (Å²) in [6.07, 6.45) is 8.92. The van der Waals surface area contributed by atoms with Crippen molar-refractivity contribution in [2.24, 2.45) is 5.92 Å². The number of hydrogen-bond acceptors (Lipinski definition) is 6. The van der Waals surface area contributed by atoms with Crippen molar-refractivity contribution in [2.45, 2.75) is 51.5 Å². The zero-order chi connectivity index (χ0) is 19.1. The molecule has 1 saturated carbocycles. The number of aromatic nitrogens is 3. The van der Waals surface area contributed by atoms with Gasteiger partial charge in [-0.1, -0.05) is 6.92 Å². The maximum absolute atomic E-state index is 4.95. The summed E-state index contributed by atoms with van der Waals surface area (Å²) in [6.45, 7) is 8.87. The number of likely N-dealkylation sites (tertiary alicyclic amines) is 1. The minimum absolute atomic E-state index is 0.620. The summed E-state index contributed by atoms with van der Waals surface area (Å²) < 4.78 is 0. The molecule has 6 heteroatoms. The van der Waals surface area contributed by atoms with Crippen molar-refractivity contribution >= 4 is 17.5 Å². The highest BCUT2D eigenvalue weighted by Crippen LogP contribution is 2.38. The number of piperidine rings is 1. The Morgan fingerprint density at radius 1 is 1.00 bits per heavy atom. The lowest BCUT2D eigenvalue weighted by Crippen LogP contribution is -2.46. The highest BCUT2D eigenvalue weighted by atomic mass is 15.2. The SMILES string of the molecule is Cc1cnc(Nc2cc(C3CN(C4CC4)C3)cc(N3CCCC(C)C3)n2)cn1. The number of hydrogen-bond donors (Lipinski definition) is 1. The van der Waals surface area contributed by atoms with Gasteiger partial charge in [0.05, 0.1) is 18.1 Å². The Balaban J connectivity index is 1.40. The van der Waals surface area contributed by atoms with E-state index < -0.39 is 0 Å². The molecule has 5 rings (SSSR count). The quantitative estimate of drug-likeness (QED) is 0.856. The van der Waals surface area contributed by atoms with E-state index in [2.05, 4.69) is 44.1 Å². The van der Waals surface area contributed by atoms with Crippen LogP contribution >= 0.6 is 0 Å². The van der Waals surface area contributed by atoms with Crippen LogP contribution in [0.2, 0.25) is 0 Å². The van der Waals surface area contributed by atoms with Crippen molar-refractivity contribution in [1.82, 2.24) is 19.9 Å². The van der Waals surface area contributed by atoms with E-state index in [-0.39, 0.29) is 0 Å². The summed E-state index contributed by atoms with van der Waals surface area (Å²) in [4.78, 5) is 18.8. The van der Waals surface area contributed by atoms with Crippen LogP contribution in [0.5, 0.6) is 0 Å². The van der Waals surface area contributed by atoms with E-state index in [0.29, 0.717) is 5.92 Å². The molecule has 1 aliphatic carbocycles. The summed E-state index contributed by atoms with van der Waals surface area (Å²) in [6, 6.07) is 5.41. The average Bonchev–Trinajstić information content (AvgIpc) is 3.47. The molecule has 1 N–H and O–H groups in total. The molecule has 2 aliphatic heterocycles. The fraction of sp³-hybridized carbons (Fsp3) is 0.591. The molecular formula is C22H30N6. The second-order valence-corrected chi connectivity index (χ2v) is 8.89. The summed E-state index contributed by atoms with van der Waals surface area (Å²) in [5.41, 5.74) is 2.33. The lowest BCUT2D eigenvalue weighted by molar-refractivity contribution is 0.139. The van der Waals surface area contributed by atoms with Gasteiger partial charge in [-0.2, -0.15) is 0 Å². The van der Waals surface area contributed by atoms with Crippen LogP contribution in [0.3, 0.4) is 0 Å². The number of aryl methyl sites for hydroxylation is 1. The second-order valence-electron chi connectivity index (χ2n) is 8.89. The van der Waals surface area contributed by atoms with Crippen LogP contribution < -0.4 is 10.2 Å². The number of nitrogens with one attached hydrogen (secondary N) is 1. The van der Waals surface area contributed by atoms with Gasteiger partial charge in [-0.25, -0.2) is 9.97 Å². The van der Waals surface area contributed by atoms with Crippen molar-refractivity contribution in [1.29, 1.82) is 0 Å². The monoisotopic (exact) mass is 378 g/mol. The third-order valence-electron chi connectivity index (χ3n) is 6.30. The molecule has 148 valence electrons. The smallest absolute Gasteiger partial charge is 0.150 e. The molecule has 1 atom stereocenters. The molecule has 28 heavy (non-hydrogen) atoms. The summed E-state index contributed by atoms with van der Waals surface area (Å²) in [5.74, 6) is 4.09. The van der Waals surface area contributed by atoms with Gasteiger partial charge in [-0.3, -0.25) is 9.88 Å². The molecule has 3 aliphatic rings. The number of anilines is 3. The standard InChI is InChI=1S/C22H30N6/c1-15-4-3-7-27(12-15)22-9-17(18-13-28(14-18)19-5-6-19)8-20(26-22)25-21-11-23-16(2)10-24-21/h8-11,15,18-19H,3-7,12-14H2,1-2H3,(H,24,25,26). The van der Waals surface area contributed by atoms with E-state index >= 15 is 0 Å². The number of pyridine rings is 1. The molecule has 0 amide bonds. The van der Waals surface area contributed by atoms with E-state index in [1.54, 1.807) is 12.4 Å². The molecule has 0 aromatic carbocycles. The van der Waals surface area contributed by atoms with Gasteiger partial charge in [0.1, 0.15) is 17.5 Å². The zero-order valence-corrected chi connectivity index (χ0v) is 16.9.